The maximum absolute atomic E-state index is 12.0. The molecule has 20 heavy (non-hydrogen) atoms. The number of hydrogen-bond acceptors (Lipinski definition) is 3. The molecule has 1 fully saturated rings. The Morgan fingerprint density at radius 1 is 1.45 bits per heavy atom. The van der Waals surface area contributed by atoms with Crippen LogP contribution < -0.4 is 0 Å². The minimum atomic E-state index is -1.02. The van der Waals surface area contributed by atoms with Crippen LogP contribution in [0.3, 0.4) is 0 Å². The van der Waals surface area contributed by atoms with Gasteiger partial charge in [0.1, 0.15) is 7.11 Å². The van der Waals surface area contributed by atoms with Crippen LogP contribution in [0.15, 0.2) is 16.8 Å². The first-order valence-electron chi connectivity index (χ1n) is 6.60. The van der Waals surface area contributed by atoms with E-state index in [0.29, 0.717) is 5.71 Å². The highest BCUT2D eigenvalue weighted by Crippen LogP contribution is 2.73. The topological polar surface area (TPSA) is 58.9 Å². The van der Waals surface area contributed by atoms with Gasteiger partial charge in [-0.1, -0.05) is 36.6 Å². The third kappa shape index (κ3) is 2.11. The molecule has 0 saturated heterocycles. The molecule has 3 atom stereocenters. The lowest BCUT2D eigenvalue weighted by Crippen LogP contribution is -2.34. The van der Waals surface area contributed by atoms with Crippen LogP contribution >= 0.6 is 0 Å². The molecule has 1 N–H and O–H groups in total. The van der Waals surface area contributed by atoms with E-state index < -0.39 is 22.7 Å². The van der Waals surface area contributed by atoms with Crippen LogP contribution in [-0.4, -0.2) is 23.9 Å². The summed E-state index contributed by atoms with van der Waals surface area (Å²) in [5, 5.41) is 13.7. The van der Waals surface area contributed by atoms with Crippen molar-refractivity contribution in [3.05, 3.63) is 11.6 Å². The van der Waals surface area contributed by atoms with Crippen molar-refractivity contribution in [1.29, 1.82) is 0 Å². The van der Waals surface area contributed by atoms with Gasteiger partial charge in [0, 0.05) is 5.92 Å². The van der Waals surface area contributed by atoms with Gasteiger partial charge >= 0.3 is 5.97 Å². The van der Waals surface area contributed by atoms with E-state index >= 15 is 0 Å². The zero-order valence-electron chi connectivity index (χ0n) is 13.0. The minimum absolute atomic E-state index is 0.111. The van der Waals surface area contributed by atoms with Crippen molar-refractivity contribution in [1.82, 2.24) is 0 Å². The molecule has 0 bridgehead atoms. The Hall–Kier alpha value is -1.76. The average molecular weight is 277 g/mol. The van der Waals surface area contributed by atoms with Crippen molar-refractivity contribution < 1.29 is 14.7 Å². The van der Waals surface area contributed by atoms with E-state index in [1.165, 1.54) is 7.11 Å². The highest BCUT2D eigenvalue weighted by atomic mass is 16.6. The van der Waals surface area contributed by atoms with Crippen LogP contribution in [0.5, 0.6) is 0 Å². The largest absolute Gasteiger partial charge is 0.481 e. The van der Waals surface area contributed by atoms with Gasteiger partial charge in [-0.25, -0.2) is 0 Å². The molecule has 0 aliphatic heterocycles. The maximum Gasteiger partial charge on any atom is 0.312 e. The van der Waals surface area contributed by atoms with Crippen molar-refractivity contribution in [2.24, 2.45) is 27.8 Å². The first-order valence-corrected chi connectivity index (χ1v) is 6.60. The second kappa shape index (κ2) is 5.32. The average Bonchev–Trinajstić information content (AvgIpc) is 2.78. The second-order valence-corrected chi connectivity index (χ2v) is 6.13. The van der Waals surface area contributed by atoms with Gasteiger partial charge in [0.05, 0.1) is 17.0 Å². The molecule has 1 aliphatic rings. The summed E-state index contributed by atoms with van der Waals surface area (Å²) in [6.07, 6.45) is 7.61. The van der Waals surface area contributed by atoms with Crippen LogP contribution in [0, 0.1) is 35.0 Å². The lowest BCUT2D eigenvalue weighted by Gasteiger charge is -2.22. The molecule has 0 aromatic rings. The number of rotatable bonds is 5. The number of aliphatic carboxylic acids is 1. The molecule has 1 aliphatic carbocycles. The number of carboxylic acids is 1. The standard InChI is InChI=1S/C16H23NO3/c1-8-12(11(4)17-20-7)16(14(18)19)13(9-10(2)3)15(16,5)6/h1,9,12-13H,2-7H3,(H,18,19). The van der Waals surface area contributed by atoms with E-state index in [2.05, 4.69) is 11.1 Å². The Morgan fingerprint density at radius 3 is 2.35 bits per heavy atom. The molecule has 4 nitrogen and oxygen atoms in total. The lowest BCUT2D eigenvalue weighted by molar-refractivity contribution is -0.145. The molecule has 0 heterocycles. The summed E-state index contributed by atoms with van der Waals surface area (Å²) in [6.45, 7) is 9.52. The summed E-state index contributed by atoms with van der Waals surface area (Å²) in [7, 11) is 1.43. The van der Waals surface area contributed by atoms with Crippen LogP contribution in [0.1, 0.15) is 34.6 Å². The summed E-state index contributed by atoms with van der Waals surface area (Å²) in [4.78, 5) is 16.7. The quantitative estimate of drug-likeness (QED) is 0.364. The van der Waals surface area contributed by atoms with E-state index in [9.17, 15) is 9.90 Å². The maximum atomic E-state index is 12.0. The molecular weight excluding hydrogens is 254 g/mol. The van der Waals surface area contributed by atoms with E-state index in [-0.39, 0.29) is 5.92 Å². The first-order chi connectivity index (χ1) is 9.17. The van der Waals surface area contributed by atoms with E-state index in [1.807, 2.05) is 33.8 Å². The molecule has 0 aromatic carbocycles. The van der Waals surface area contributed by atoms with Gasteiger partial charge in [0.2, 0.25) is 0 Å². The van der Waals surface area contributed by atoms with E-state index in [1.54, 1.807) is 6.92 Å². The van der Waals surface area contributed by atoms with Gasteiger partial charge < -0.3 is 9.94 Å². The zero-order chi connectivity index (χ0) is 15.7. The zero-order valence-corrected chi connectivity index (χ0v) is 13.0. The van der Waals surface area contributed by atoms with Crippen molar-refractivity contribution in [3.8, 4) is 12.3 Å². The molecule has 1 saturated carbocycles. The highest BCUT2D eigenvalue weighted by molar-refractivity contribution is 5.96. The number of allylic oxidation sites excluding steroid dienone is 2. The SMILES string of the molecule is C#CC(C(C)=NOC)C1(C(=O)O)C(C=C(C)C)C1(C)C. The molecule has 0 aromatic heterocycles. The minimum Gasteiger partial charge on any atom is -0.481 e. The normalized spacial score (nSPS) is 29.1. The fourth-order valence-corrected chi connectivity index (χ4v) is 3.37. The third-order valence-corrected chi connectivity index (χ3v) is 4.38. The van der Waals surface area contributed by atoms with Crippen LogP contribution in [0.4, 0.5) is 0 Å². The molecular formula is C16H23NO3. The van der Waals surface area contributed by atoms with Crippen LogP contribution in [0.2, 0.25) is 0 Å². The van der Waals surface area contributed by atoms with Crippen molar-refractivity contribution in [2.45, 2.75) is 34.6 Å². The molecule has 0 radical (unpaired) electrons. The van der Waals surface area contributed by atoms with Gasteiger partial charge in [-0.2, -0.15) is 0 Å². The van der Waals surface area contributed by atoms with Gasteiger partial charge in [0.25, 0.3) is 0 Å². The summed E-state index contributed by atoms with van der Waals surface area (Å²) in [5.74, 6) is 1.03. The van der Waals surface area contributed by atoms with Gasteiger partial charge in [-0.3, -0.25) is 4.79 Å². The lowest BCUT2D eigenvalue weighted by atomic mass is 9.79. The second-order valence-electron chi connectivity index (χ2n) is 6.13. The number of terminal acetylenes is 1. The summed E-state index contributed by atoms with van der Waals surface area (Å²) >= 11 is 0. The summed E-state index contributed by atoms with van der Waals surface area (Å²) in [6, 6.07) is 0. The number of nitrogens with zero attached hydrogens (tertiary/aromatic N) is 1. The van der Waals surface area contributed by atoms with Gasteiger partial charge in [-0.15, -0.1) is 6.42 Å². The Morgan fingerprint density at radius 2 is 2.00 bits per heavy atom. The predicted octanol–water partition coefficient (Wildman–Crippen LogP) is 2.95. The molecule has 1 rings (SSSR count). The number of oxime groups is 1. The van der Waals surface area contributed by atoms with Crippen molar-refractivity contribution >= 4 is 11.7 Å². The summed E-state index contributed by atoms with van der Waals surface area (Å²) in [5.41, 5.74) is 0.168. The third-order valence-electron chi connectivity index (χ3n) is 4.38. The van der Waals surface area contributed by atoms with Crippen LogP contribution in [-0.2, 0) is 9.63 Å². The molecule has 4 heteroatoms. The number of carbonyl (C=O) groups is 1. The molecule has 110 valence electrons. The monoisotopic (exact) mass is 277 g/mol. The fourth-order valence-electron chi connectivity index (χ4n) is 3.37. The molecule has 0 amide bonds. The summed E-state index contributed by atoms with van der Waals surface area (Å²) < 4.78 is 0. The predicted molar refractivity (Wildman–Crippen MR) is 79.2 cm³/mol. The Balaban J connectivity index is 3.40. The molecule has 0 spiro atoms. The van der Waals surface area contributed by atoms with Crippen molar-refractivity contribution in [2.75, 3.05) is 7.11 Å². The smallest absolute Gasteiger partial charge is 0.312 e. The first kappa shape index (κ1) is 16.3. The number of hydrogen-bond donors (Lipinski definition) is 1. The fraction of sp³-hybridized carbons (Fsp3) is 0.625. The van der Waals surface area contributed by atoms with Crippen molar-refractivity contribution in [3.63, 3.8) is 0 Å². The van der Waals surface area contributed by atoms with Gasteiger partial charge in [0.15, 0.2) is 0 Å². The van der Waals surface area contributed by atoms with Crippen LogP contribution in [0.25, 0.3) is 0 Å². The Labute approximate surface area is 120 Å². The molecule has 3 unspecified atom stereocenters. The van der Waals surface area contributed by atoms with E-state index in [0.717, 1.165) is 5.57 Å². The van der Waals surface area contributed by atoms with E-state index in [4.69, 9.17) is 11.3 Å². The Kier molecular flexibility index (Phi) is 4.33. The Bertz CT molecular complexity index is 506. The highest BCUT2D eigenvalue weighted by Gasteiger charge is 2.78. The number of carboxylic acid groups (broad SMARTS) is 1. The van der Waals surface area contributed by atoms with Gasteiger partial charge in [-0.05, 0) is 26.2 Å².